The molecule has 0 saturated heterocycles. The molecule has 8 heavy (non-hydrogen) atoms. The number of rotatable bonds is 3. The van der Waals surface area contributed by atoms with Gasteiger partial charge in [-0.1, -0.05) is 13.8 Å². The highest BCUT2D eigenvalue weighted by atomic mass is 35.6. The first kappa shape index (κ1) is 8.47. The van der Waals surface area contributed by atoms with Gasteiger partial charge in [0.1, 0.15) is 0 Å². The van der Waals surface area contributed by atoms with Crippen molar-refractivity contribution in [1.82, 2.24) is 4.57 Å². The lowest BCUT2D eigenvalue weighted by Gasteiger charge is -2.18. The average Bonchev–Trinajstić information content (AvgIpc) is 1.69. The quantitative estimate of drug-likeness (QED) is 0.436. The van der Waals surface area contributed by atoms with Gasteiger partial charge >= 0.3 is 0 Å². The molecule has 0 aliphatic carbocycles. The van der Waals surface area contributed by atoms with Gasteiger partial charge in [0.15, 0.2) is 0 Å². The van der Waals surface area contributed by atoms with Crippen LogP contribution in [0.5, 0.6) is 0 Å². The molecule has 0 aromatic carbocycles. The molecule has 50 valence electrons. The molecule has 0 aromatic heterocycles. The Morgan fingerprint density at radius 2 is 1.75 bits per heavy atom. The Hall–Kier alpha value is 0.467. The van der Waals surface area contributed by atoms with E-state index in [1.165, 1.54) is 0 Å². The smallest absolute Gasteiger partial charge is 0.210 e. The van der Waals surface area contributed by atoms with Gasteiger partial charge in [0.2, 0.25) is 8.27 Å². The summed E-state index contributed by atoms with van der Waals surface area (Å²) in [6.45, 7) is 8.64. The SMILES string of the molecule is CCN(CC)[SiH](C)Cl. The topological polar surface area (TPSA) is 3.24 Å². The Morgan fingerprint density at radius 3 is 1.75 bits per heavy atom. The van der Waals surface area contributed by atoms with Crippen molar-refractivity contribution >= 4 is 19.3 Å². The molecule has 0 radical (unpaired) electrons. The van der Waals surface area contributed by atoms with Crippen LogP contribution in [0, 0.1) is 0 Å². The molecule has 0 rings (SSSR count). The van der Waals surface area contributed by atoms with E-state index in [0.29, 0.717) is 0 Å². The minimum atomic E-state index is -0.980. The fourth-order valence-electron chi connectivity index (χ4n) is 0.727. The minimum absolute atomic E-state index is 0.980. The summed E-state index contributed by atoms with van der Waals surface area (Å²) in [6, 6.07) is 0. The van der Waals surface area contributed by atoms with E-state index in [2.05, 4.69) is 25.0 Å². The van der Waals surface area contributed by atoms with Crippen LogP contribution in [0.15, 0.2) is 0 Å². The van der Waals surface area contributed by atoms with Crippen LogP contribution in [0.1, 0.15) is 13.8 Å². The lowest BCUT2D eigenvalue weighted by molar-refractivity contribution is 0.491. The van der Waals surface area contributed by atoms with Gasteiger partial charge in [-0.15, -0.1) is 0 Å². The zero-order valence-corrected chi connectivity index (χ0v) is 7.73. The van der Waals surface area contributed by atoms with E-state index in [1.54, 1.807) is 0 Å². The molecule has 0 amide bonds. The van der Waals surface area contributed by atoms with Gasteiger partial charge in [0.05, 0.1) is 0 Å². The van der Waals surface area contributed by atoms with Gasteiger partial charge in [-0.25, -0.2) is 0 Å². The lowest BCUT2D eigenvalue weighted by Crippen LogP contribution is -2.32. The van der Waals surface area contributed by atoms with Gasteiger partial charge < -0.3 is 4.57 Å². The van der Waals surface area contributed by atoms with E-state index in [4.69, 9.17) is 11.1 Å². The minimum Gasteiger partial charge on any atom is -0.315 e. The summed E-state index contributed by atoms with van der Waals surface area (Å²) in [5, 5.41) is 0. The summed E-state index contributed by atoms with van der Waals surface area (Å²) in [6.07, 6.45) is 0. The van der Waals surface area contributed by atoms with Gasteiger partial charge in [0, 0.05) is 0 Å². The van der Waals surface area contributed by atoms with Crippen LogP contribution in [0.2, 0.25) is 6.55 Å². The van der Waals surface area contributed by atoms with Crippen molar-refractivity contribution in [2.45, 2.75) is 20.4 Å². The molecule has 0 aliphatic heterocycles. The second kappa shape index (κ2) is 4.36. The molecule has 0 heterocycles. The Labute approximate surface area is 58.0 Å². The predicted molar refractivity (Wildman–Crippen MR) is 41.8 cm³/mol. The Kier molecular flexibility index (Phi) is 4.61. The molecule has 1 nitrogen and oxygen atoms in total. The predicted octanol–water partition coefficient (Wildman–Crippen LogP) is 1.42. The molecule has 0 aromatic rings. The molecule has 3 heteroatoms. The van der Waals surface area contributed by atoms with Crippen molar-refractivity contribution in [2.75, 3.05) is 13.1 Å². The van der Waals surface area contributed by atoms with Crippen LogP contribution in [0.3, 0.4) is 0 Å². The monoisotopic (exact) mass is 151 g/mol. The third-order valence-corrected chi connectivity index (χ3v) is 3.88. The maximum Gasteiger partial charge on any atom is 0.210 e. The van der Waals surface area contributed by atoms with Crippen LogP contribution in [0.4, 0.5) is 0 Å². The van der Waals surface area contributed by atoms with Gasteiger partial charge in [-0.2, -0.15) is 11.1 Å². The van der Waals surface area contributed by atoms with E-state index in [-0.39, 0.29) is 0 Å². The first-order chi connectivity index (χ1) is 3.72. The summed E-state index contributed by atoms with van der Waals surface area (Å²) in [5.74, 6) is 0. The van der Waals surface area contributed by atoms with Crippen molar-refractivity contribution in [1.29, 1.82) is 0 Å². The highest BCUT2D eigenvalue weighted by Crippen LogP contribution is 1.96. The highest BCUT2D eigenvalue weighted by Gasteiger charge is 2.05. The van der Waals surface area contributed by atoms with E-state index in [0.717, 1.165) is 13.1 Å². The van der Waals surface area contributed by atoms with Gasteiger partial charge in [-0.3, -0.25) is 0 Å². The first-order valence-corrected chi connectivity index (χ1v) is 6.52. The Bertz CT molecular complexity index is 54.4. The molecule has 0 fully saturated rings. The Morgan fingerprint density at radius 1 is 1.38 bits per heavy atom. The summed E-state index contributed by atoms with van der Waals surface area (Å²) in [7, 11) is -0.980. The fraction of sp³-hybridized carbons (Fsp3) is 1.00. The van der Waals surface area contributed by atoms with E-state index in [9.17, 15) is 0 Å². The van der Waals surface area contributed by atoms with E-state index < -0.39 is 8.27 Å². The van der Waals surface area contributed by atoms with Crippen LogP contribution >= 0.6 is 11.1 Å². The molecule has 0 saturated carbocycles. The van der Waals surface area contributed by atoms with Crippen molar-refractivity contribution in [3.63, 3.8) is 0 Å². The zero-order valence-electron chi connectivity index (χ0n) is 5.82. The highest BCUT2D eigenvalue weighted by molar-refractivity contribution is 7.04. The van der Waals surface area contributed by atoms with Crippen LogP contribution in [-0.4, -0.2) is 25.9 Å². The van der Waals surface area contributed by atoms with E-state index >= 15 is 0 Å². The molecule has 0 aliphatic rings. The zero-order chi connectivity index (χ0) is 6.57. The first-order valence-electron chi connectivity index (χ1n) is 3.10. The van der Waals surface area contributed by atoms with Crippen molar-refractivity contribution in [3.8, 4) is 0 Å². The summed E-state index contributed by atoms with van der Waals surface area (Å²) >= 11 is 5.91. The van der Waals surface area contributed by atoms with Crippen LogP contribution in [-0.2, 0) is 0 Å². The molecule has 0 spiro atoms. The number of hydrogen-bond donors (Lipinski definition) is 0. The van der Waals surface area contributed by atoms with Gasteiger partial charge in [-0.05, 0) is 19.6 Å². The molecule has 0 N–H and O–H groups in total. The Balaban J connectivity index is 3.35. The number of nitrogens with zero attached hydrogens (tertiary/aromatic N) is 1. The van der Waals surface area contributed by atoms with Crippen molar-refractivity contribution in [2.24, 2.45) is 0 Å². The van der Waals surface area contributed by atoms with Crippen molar-refractivity contribution < 1.29 is 0 Å². The normalized spacial score (nSPS) is 14.6. The third-order valence-electron chi connectivity index (χ3n) is 1.32. The van der Waals surface area contributed by atoms with Crippen LogP contribution in [0.25, 0.3) is 0 Å². The second-order valence-electron chi connectivity index (χ2n) is 1.80. The average molecular weight is 152 g/mol. The molecule has 0 bridgehead atoms. The molecule has 1 atom stereocenters. The van der Waals surface area contributed by atoms with E-state index in [1.807, 2.05) is 0 Å². The largest absolute Gasteiger partial charge is 0.315 e. The molecular formula is C5H14ClNSi. The standard InChI is InChI=1S/C5H14ClNSi/c1-4-7(5-2)8(3)6/h8H,4-5H2,1-3H3. The molecule has 1 unspecified atom stereocenters. The summed E-state index contributed by atoms with van der Waals surface area (Å²) < 4.78 is 2.32. The second-order valence-corrected chi connectivity index (χ2v) is 5.57. The summed E-state index contributed by atoms with van der Waals surface area (Å²) in [4.78, 5) is 0. The molecular weight excluding hydrogens is 138 g/mol. The fourth-order valence-corrected chi connectivity index (χ4v) is 2.56. The van der Waals surface area contributed by atoms with Crippen molar-refractivity contribution in [3.05, 3.63) is 0 Å². The summed E-state index contributed by atoms with van der Waals surface area (Å²) in [5.41, 5.74) is 0. The number of hydrogen-bond acceptors (Lipinski definition) is 1. The lowest BCUT2D eigenvalue weighted by atomic mass is 10.7. The number of halogens is 1. The maximum absolute atomic E-state index is 5.91. The maximum atomic E-state index is 5.91. The third kappa shape index (κ3) is 2.70. The van der Waals surface area contributed by atoms with Gasteiger partial charge in [0.25, 0.3) is 0 Å². The van der Waals surface area contributed by atoms with Crippen LogP contribution < -0.4 is 0 Å².